The van der Waals surface area contributed by atoms with Gasteiger partial charge in [-0.1, -0.05) is 31.0 Å². The maximum atomic E-state index is 11.8. The van der Waals surface area contributed by atoms with E-state index in [1.807, 2.05) is 24.9 Å². The van der Waals surface area contributed by atoms with Crippen LogP contribution in [-0.4, -0.2) is 30.8 Å². The lowest BCUT2D eigenvalue weighted by Crippen LogP contribution is -2.39. The predicted molar refractivity (Wildman–Crippen MR) is 85.1 cm³/mol. The summed E-state index contributed by atoms with van der Waals surface area (Å²) in [6.45, 7) is 1.53. The molecule has 20 heavy (non-hydrogen) atoms. The molecule has 3 nitrogen and oxygen atoms in total. The van der Waals surface area contributed by atoms with Crippen LogP contribution in [0.4, 0.5) is 0 Å². The molecule has 1 aromatic rings. The molecule has 1 aromatic carbocycles. The van der Waals surface area contributed by atoms with Crippen molar-refractivity contribution in [1.82, 2.24) is 10.6 Å². The number of hydrogen-bond acceptors (Lipinski definition) is 3. The molecule has 0 radical (unpaired) electrons. The molecule has 0 aromatic heterocycles. The summed E-state index contributed by atoms with van der Waals surface area (Å²) in [4.78, 5) is 13.1. The molecule has 2 N–H and O–H groups in total. The van der Waals surface area contributed by atoms with E-state index < -0.39 is 0 Å². The fourth-order valence-corrected chi connectivity index (χ4v) is 4.09. The van der Waals surface area contributed by atoms with Gasteiger partial charge in [0.15, 0.2) is 0 Å². The molecule has 1 amide bonds. The predicted octanol–water partition coefficient (Wildman–Crippen LogP) is 2.82. The van der Waals surface area contributed by atoms with Gasteiger partial charge in [-0.15, -0.1) is 11.8 Å². The van der Waals surface area contributed by atoms with Crippen LogP contribution in [0.5, 0.6) is 0 Å². The van der Waals surface area contributed by atoms with Crippen molar-refractivity contribution in [3.63, 3.8) is 0 Å². The first kappa shape index (κ1) is 15.4. The van der Waals surface area contributed by atoms with Gasteiger partial charge in [0.2, 0.25) is 5.91 Å². The van der Waals surface area contributed by atoms with Gasteiger partial charge in [0.05, 0.1) is 0 Å². The van der Waals surface area contributed by atoms with Crippen LogP contribution < -0.4 is 10.6 Å². The zero-order valence-electron chi connectivity index (χ0n) is 12.2. The third-order valence-electron chi connectivity index (χ3n) is 3.80. The number of carbonyl (C=O) groups is 1. The van der Waals surface area contributed by atoms with E-state index >= 15 is 0 Å². The molecule has 1 fully saturated rings. The molecule has 0 spiro atoms. The summed E-state index contributed by atoms with van der Waals surface area (Å²) in [5.74, 6) is 0.152. The van der Waals surface area contributed by atoms with Crippen molar-refractivity contribution in [3.05, 3.63) is 30.3 Å². The summed E-state index contributed by atoms with van der Waals surface area (Å²) in [6.07, 6.45) is 5.48. The maximum Gasteiger partial charge on any atom is 0.221 e. The smallest absolute Gasteiger partial charge is 0.221 e. The van der Waals surface area contributed by atoms with E-state index in [0.717, 1.165) is 13.1 Å². The molecule has 0 aliphatic heterocycles. The third-order valence-corrected chi connectivity index (χ3v) is 5.30. The highest BCUT2D eigenvalue weighted by Crippen LogP contribution is 2.44. The van der Waals surface area contributed by atoms with Crippen LogP contribution in [0.2, 0.25) is 0 Å². The highest BCUT2D eigenvalue weighted by Gasteiger charge is 2.35. The first-order chi connectivity index (χ1) is 9.74. The molecule has 0 atom stereocenters. The Hall–Kier alpha value is -1.00. The average molecular weight is 292 g/mol. The molecule has 1 aliphatic carbocycles. The molecular formula is C16H24N2OS. The van der Waals surface area contributed by atoms with Gasteiger partial charge in [-0.25, -0.2) is 0 Å². The Labute approximate surface area is 125 Å². The van der Waals surface area contributed by atoms with Crippen LogP contribution in [0, 0.1) is 0 Å². The Bertz CT molecular complexity index is 416. The van der Waals surface area contributed by atoms with Crippen molar-refractivity contribution < 1.29 is 4.79 Å². The Kier molecular flexibility index (Phi) is 5.92. The molecule has 2 rings (SSSR count). The van der Waals surface area contributed by atoms with Crippen molar-refractivity contribution in [1.29, 1.82) is 0 Å². The SMILES string of the molecule is CNCCC(=O)NCC1(Sc2ccccc2)CCCC1. The van der Waals surface area contributed by atoms with Crippen molar-refractivity contribution in [3.8, 4) is 0 Å². The zero-order chi connectivity index (χ0) is 14.3. The van der Waals surface area contributed by atoms with Crippen LogP contribution in [-0.2, 0) is 4.79 Å². The van der Waals surface area contributed by atoms with E-state index in [4.69, 9.17) is 0 Å². The van der Waals surface area contributed by atoms with Gasteiger partial charge >= 0.3 is 0 Å². The highest BCUT2D eigenvalue weighted by atomic mass is 32.2. The Morgan fingerprint density at radius 3 is 2.60 bits per heavy atom. The van der Waals surface area contributed by atoms with E-state index in [-0.39, 0.29) is 10.7 Å². The molecule has 4 heteroatoms. The van der Waals surface area contributed by atoms with Crippen molar-refractivity contribution >= 4 is 17.7 Å². The largest absolute Gasteiger partial charge is 0.355 e. The summed E-state index contributed by atoms with van der Waals surface area (Å²) in [6, 6.07) is 10.5. The van der Waals surface area contributed by atoms with E-state index in [1.54, 1.807) is 0 Å². The molecule has 1 saturated carbocycles. The van der Waals surface area contributed by atoms with Crippen LogP contribution in [0.3, 0.4) is 0 Å². The average Bonchev–Trinajstić information content (AvgIpc) is 2.93. The Morgan fingerprint density at radius 2 is 1.95 bits per heavy atom. The zero-order valence-corrected chi connectivity index (χ0v) is 13.0. The lowest BCUT2D eigenvalue weighted by molar-refractivity contribution is -0.121. The van der Waals surface area contributed by atoms with Crippen molar-refractivity contribution in [2.75, 3.05) is 20.1 Å². The summed E-state index contributed by atoms with van der Waals surface area (Å²) < 4.78 is 0.191. The van der Waals surface area contributed by atoms with Gasteiger partial charge in [-0.2, -0.15) is 0 Å². The number of amides is 1. The van der Waals surface area contributed by atoms with Gasteiger partial charge in [-0.05, 0) is 32.0 Å². The van der Waals surface area contributed by atoms with Crippen LogP contribution >= 0.6 is 11.8 Å². The quantitative estimate of drug-likeness (QED) is 0.812. The Morgan fingerprint density at radius 1 is 1.25 bits per heavy atom. The molecule has 0 bridgehead atoms. The second-order valence-electron chi connectivity index (χ2n) is 5.44. The van der Waals surface area contributed by atoms with Crippen LogP contribution in [0.15, 0.2) is 35.2 Å². The number of thioether (sulfide) groups is 1. The molecule has 110 valence electrons. The minimum Gasteiger partial charge on any atom is -0.355 e. The molecule has 0 saturated heterocycles. The lowest BCUT2D eigenvalue weighted by atomic mass is 10.1. The maximum absolute atomic E-state index is 11.8. The fourth-order valence-electron chi connectivity index (χ4n) is 2.66. The summed E-state index contributed by atoms with van der Waals surface area (Å²) in [5, 5.41) is 6.13. The summed E-state index contributed by atoms with van der Waals surface area (Å²) >= 11 is 1.93. The number of hydrogen-bond donors (Lipinski definition) is 2. The lowest BCUT2D eigenvalue weighted by Gasteiger charge is -2.28. The second kappa shape index (κ2) is 7.70. The second-order valence-corrected chi connectivity index (χ2v) is 6.98. The molecule has 1 aliphatic rings. The van der Waals surface area contributed by atoms with E-state index in [9.17, 15) is 4.79 Å². The van der Waals surface area contributed by atoms with Gasteiger partial charge in [0, 0.05) is 29.2 Å². The minimum atomic E-state index is 0.152. The fraction of sp³-hybridized carbons (Fsp3) is 0.562. The number of carbonyl (C=O) groups excluding carboxylic acids is 1. The topological polar surface area (TPSA) is 41.1 Å². The normalized spacial score (nSPS) is 17.1. The van der Waals surface area contributed by atoms with Gasteiger partial charge in [0.25, 0.3) is 0 Å². The van der Waals surface area contributed by atoms with E-state index in [0.29, 0.717) is 6.42 Å². The minimum absolute atomic E-state index is 0.152. The number of nitrogens with one attached hydrogen (secondary N) is 2. The third kappa shape index (κ3) is 4.53. The van der Waals surface area contributed by atoms with Crippen molar-refractivity contribution in [2.45, 2.75) is 41.7 Å². The summed E-state index contributed by atoms with van der Waals surface area (Å²) in [7, 11) is 1.87. The molecular weight excluding hydrogens is 268 g/mol. The summed E-state index contributed by atoms with van der Waals surface area (Å²) in [5.41, 5.74) is 0. The number of benzene rings is 1. The first-order valence-corrected chi connectivity index (χ1v) is 8.21. The van der Waals surface area contributed by atoms with Gasteiger partial charge < -0.3 is 10.6 Å². The van der Waals surface area contributed by atoms with Gasteiger partial charge in [0.1, 0.15) is 0 Å². The van der Waals surface area contributed by atoms with Gasteiger partial charge in [-0.3, -0.25) is 4.79 Å². The van der Waals surface area contributed by atoms with Crippen LogP contribution in [0.1, 0.15) is 32.1 Å². The first-order valence-electron chi connectivity index (χ1n) is 7.39. The monoisotopic (exact) mass is 292 g/mol. The van der Waals surface area contributed by atoms with E-state index in [1.165, 1.54) is 30.6 Å². The standard InChI is InChI=1S/C16H24N2OS/c1-17-12-9-15(19)18-13-16(10-5-6-11-16)20-14-7-3-2-4-8-14/h2-4,7-8,17H,5-6,9-13H2,1H3,(H,18,19). The Balaban J connectivity index is 1.91. The van der Waals surface area contributed by atoms with Crippen LogP contribution in [0.25, 0.3) is 0 Å². The van der Waals surface area contributed by atoms with E-state index in [2.05, 4.69) is 34.9 Å². The van der Waals surface area contributed by atoms with Crippen molar-refractivity contribution in [2.24, 2.45) is 0 Å². The molecule has 0 unspecified atom stereocenters. The highest BCUT2D eigenvalue weighted by molar-refractivity contribution is 8.00. The number of rotatable bonds is 7. The molecule has 0 heterocycles.